The van der Waals surface area contributed by atoms with Crippen molar-refractivity contribution < 1.29 is 27.8 Å². The Bertz CT molecular complexity index is 903. The molecule has 2 aromatic carbocycles. The van der Waals surface area contributed by atoms with Gasteiger partial charge in [0.15, 0.2) is 11.5 Å². The van der Waals surface area contributed by atoms with E-state index in [0.717, 1.165) is 17.7 Å². The van der Waals surface area contributed by atoms with E-state index in [1.807, 2.05) is 19.9 Å². The molecule has 0 aliphatic rings. The maximum atomic E-state index is 13.6. The van der Waals surface area contributed by atoms with Gasteiger partial charge in [0.25, 0.3) is 5.91 Å². The van der Waals surface area contributed by atoms with Gasteiger partial charge in [-0.1, -0.05) is 19.9 Å². The van der Waals surface area contributed by atoms with Crippen LogP contribution in [-0.4, -0.2) is 32.1 Å². The van der Waals surface area contributed by atoms with Crippen LogP contribution in [0.5, 0.6) is 11.5 Å². The van der Waals surface area contributed by atoms with Crippen molar-refractivity contribution >= 4 is 11.8 Å². The molecule has 2 N–H and O–H groups in total. The van der Waals surface area contributed by atoms with Crippen LogP contribution >= 0.6 is 0 Å². The summed E-state index contributed by atoms with van der Waals surface area (Å²) >= 11 is 0. The van der Waals surface area contributed by atoms with Crippen LogP contribution in [0.4, 0.5) is 8.78 Å². The smallest absolute Gasteiger partial charge is 0.254 e. The Kier molecular flexibility index (Phi) is 8.15. The molecule has 2 amide bonds. The van der Waals surface area contributed by atoms with Crippen molar-refractivity contribution in [2.45, 2.75) is 26.8 Å². The van der Waals surface area contributed by atoms with E-state index in [2.05, 4.69) is 10.6 Å². The quantitative estimate of drug-likeness (QED) is 0.650. The maximum absolute atomic E-state index is 13.6. The third kappa shape index (κ3) is 6.43. The zero-order chi connectivity index (χ0) is 22.3. The minimum atomic E-state index is -0.992. The van der Waals surface area contributed by atoms with Gasteiger partial charge in [-0.05, 0) is 42.7 Å². The van der Waals surface area contributed by atoms with E-state index < -0.39 is 23.4 Å². The van der Waals surface area contributed by atoms with Gasteiger partial charge in [-0.2, -0.15) is 0 Å². The highest BCUT2D eigenvalue weighted by molar-refractivity contribution is 5.96. The molecule has 1 atom stereocenters. The highest BCUT2D eigenvalue weighted by Gasteiger charge is 2.16. The molecular weight excluding hydrogens is 394 g/mol. The van der Waals surface area contributed by atoms with Gasteiger partial charge in [0.1, 0.15) is 11.6 Å². The molecule has 0 saturated carbocycles. The van der Waals surface area contributed by atoms with Gasteiger partial charge in [0.05, 0.1) is 31.9 Å². The summed E-state index contributed by atoms with van der Waals surface area (Å²) in [6, 6.07) is 7.60. The summed E-state index contributed by atoms with van der Waals surface area (Å²) in [5.74, 6) is -1.51. The predicted molar refractivity (Wildman–Crippen MR) is 109 cm³/mol. The summed E-state index contributed by atoms with van der Waals surface area (Å²) < 4.78 is 37.7. The Morgan fingerprint density at radius 3 is 2.40 bits per heavy atom. The molecule has 0 spiro atoms. The fourth-order valence-electron chi connectivity index (χ4n) is 2.63. The van der Waals surface area contributed by atoms with E-state index >= 15 is 0 Å². The normalized spacial score (nSPS) is 11.7. The van der Waals surface area contributed by atoms with Gasteiger partial charge in [0, 0.05) is 6.07 Å². The van der Waals surface area contributed by atoms with Gasteiger partial charge in [-0.15, -0.1) is 0 Å². The van der Waals surface area contributed by atoms with Crippen molar-refractivity contribution in [3.63, 3.8) is 0 Å². The number of amides is 2. The molecule has 0 heterocycles. The fraction of sp³-hybridized carbons (Fsp3) is 0.364. The van der Waals surface area contributed by atoms with Crippen molar-refractivity contribution in [2.75, 3.05) is 20.3 Å². The van der Waals surface area contributed by atoms with E-state index in [9.17, 15) is 18.4 Å². The largest absolute Gasteiger partial charge is 0.493 e. The number of nitrogens with one attached hydrogen (secondary N) is 2. The second-order valence-corrected chi connectivity index (χ2v) is 7.21. The van der Waals surface area contributed by atoms with Gasteiger partial charge >= 0.3 is 0 Å². The highest BCUT2D eigenvalue weighted by Crippen LogP contribution is 2.30. The van der Waals surface area contributed by atoms with E-state index in [4.69, 9.17) is 9.47 Å². The molecule has 8 heteroatoms. The molecule has 2 aromatic rings. The lowest BCUT2D eigenvalue weighted by atomic mass is 10.1. The number of carbonyl (C=O) groups is 2. The molecule has 0 bridgehead atoms. The highest BCUT2D eigenvalue weighted by atomic mass is 19.1. The predicted octanol–water partition coefficient (Wildman–Crippen LogP) is 3.62. The van der Waals surface area contributed by atoms with Crippen LogP contribution in [0.2, 0.25) is 0 Å². The van der Waals surface area contributed by atoms with Crippen LogP contribution in [0.25, 0.3) is 0 Å². The molecular formula is C22H26F2N2O4. The lowest BCUT2D eigenvalue weighted by Crippen LogP contribution is -2.38. The maximum Gasteiger partial charge on any atom is 0.254 e. The number of methoxy groups -OCH3 is 1. The first-order chi connectivity index (χ1) is 14.2. The first-order valence-corrected chi connectivity index (χ1v) is 9.54. The summed E-state index contributed by atoms with van der Waals surface area (Å²) in [5, 5.41) is 5.06. The Balaban J connectivity index is 1.94. The topological polar surface area (TPSA) is 76.7 Å². The first-order valence-electron chi connectivity index (χ1n) is 9.54. The molecule has 0 saturated heterocycles. The molecule has 30 heavy (non-hydrogen) atoms. The zero-order valence-electron chi connectivity index (χ0n) is 17.4. The SMILES string of the molecule is COc1cc(C(C)NC(=O)CNC(=O)c2ccc(F)cc2F)ccc1OCC(C)C. The van der Waals surface area contributed by atoms with Crippen molar-refractivity contribution in [1.29, 1.82) is 0 Å². The molecule has 0 aliphatic heterocycles. The van der Waals surface area contributed by atoms with E-state index in [1.165, 1.54) is 7.11 Å². The average molecular weight is 420 g/mol. The Morgan fingerprint density at radius 2 is 1.77 bits per heavy atom. The minimum absolute atomic E-state index is 0.334. The number of hydrogen-bond donors (Lipinski definition) is 2. The summed E-state index contributed by atoms with van der Waals surface area (Å²) in [4.78, 5) is 24.1. The Labute approximate surface area is 174 Å². The number of rotatable bonds is 9. The number of ether oxygens (including phenoxy) is 2. The van der Waals surface area contributed by atoms with Crippen molar-refractivity contribution in [3.05, 3.63) is 59.2 Å². The zero-order valence-corrected chi connectivity index (χ0v) is 17.4. The Morgan fingerprint density at radius 1 is 1.03 bits per heavy atom. The van der Waals surface area contributed by atoms with Crippen LogP contribution in [0, 0.1) is 17.6 Å². The van der Waals surface area contributed by atoms with Crippen LogP contribution in [-0.2, 0) is 4.79 Å². The van der Waals surface area contributed by atoms with E-state index in [0.29, 0.717) is 30.1 Å². The fourth-order valence-corrected chi connectivity index (χ4v) is 2.63. The third-order valence-electron chi connectivity index (χ3n) is 4.22. The Hall–Kier alpha value is -3.16. The lowest BCUT2D eigenvalue weighted by Gasteiger charge is -2.18. The van der Waals surface area contributed by atoms with Crippen LogP contribution in [0.1, 0.15) is 42.7 Å². The van der Waals surface area contributed by atoms with E-state index in [1.54, 1.807) is 19.1 Å². The van der Waals surface area contributed by atoms with Crippen molar-refractivity contribution in [1.82, 2.24) is 10.6 Å². The second-order valence-electron chi connectivity index (χ2n) is 7.21. The first kappa shape index (κ1) is 23.1. The number of carbonyl (C=O) groups excluding carboxylic acids is 2. The summed E-state index contributed by atoms with van der Waals surface area (Å²) in [5.41, 5.74) is 0.451. The van der Waals surface area contributed by atoms with E-state index in [-0.39, 0.29) is 18.2 Å². The summed E-state index contributed by atoms with van der Waals surface area (Å²) in [6.45, 7) is 6.06. The number of benzene rings is 2. The number of halogens is 2. The lowest BCUT2D eigenvalue weighted by molar-refractivity contribution is -0.120. The second kappa shape index (κ2) is 10.6. The molecule has 1 unspecified atom stereocenters. The molecule has 0 aliphatic carbocycles. The molecule has 0 fully saturated rings. The number of hydrogen-bond acceptors (Lipinski definition) is 4. The van der Waals surface area contributed by atoms with Gasteiger partial charge < -0.3 is 20.1 Å². The molecule has 6 nitrogen and oxygen atoms in total. The monoisotopic (exact) mass is 420 g/mol. The molecule has 0 radical (unpaired) electrons. The third-order valence-corrected chi connectivity index (χ3v) is 4.22. The molecule has 2 rings (SSSR count). The van der Waals surface area contributed by atoms with Crippen molar-refractivity contribution in [3.8, 4) is 11.5 Å². The minimum Gasteiger partial charge on any atom is -0.493 e. The average Bonchev–Trinajstić information content (AvgIpc) is 2.70. The van der Waals surface area contributed by atoms with Crippen LogP contribution < -0.4 is 20.1 Å². The molecule has 162 valence electrons. The summed E-state index contributed by atoms with van der Waals surface area (Å²) in [7, 11) is 1.54. The van der Waals surface area contributed by atoms with Crippen LogP contribution in [0.15, 0.2) is 36.4 Å². The molecule has 0 aromatic heterocycles. The standard InChI is InChI=1S/C22H26F2N2O4/c1-13(2)12-30-19-8-5-15(9-20(19)29-4)14(3)26-21(27)11-25-22(28)17-7-6-16(23)10-18(17)24/h5-10,13-14H,11-12H2,1-4H3,(H,25,28)(H,26,27). The van der Waals surface area contributed by atoms with Crippen molar-refractivity contribution in [2.24, 2.45) is 5.92 Å². The summed E-state index contributed by atoms with van der Waals surface area (Å²) in [6.07, 6.45) is 0. The van der Waals surface area contributed by atoms with Crippen LogP contribution in [0.3, 0.4) is 0 Å². The van der Waals surface area contributed by atoms with Gasteiger partial charge in [0.2, 0.25) is 5.91 Å². The van der Waals surface area contributed by atoms with Gasteiger partial charge in [-0.25, -0.2) is 8.78 Å². The van der Waals surface area contributed by atoms with Gasteiger partial charge in [-0.3, -0.25) is 9.59 Å².